The van der Waals surface area contributed by atoms with Gasteiger partial charge in [0.1, 0.15) is 36.5 Å². The van der Waals surface area contributed by atoms with Crippen molar-refractivity contribution >= 4 is 41.4 Å². The minimum Gasteiger partial charge on any atom is -0.508 e. The lowest BCUT2D eigenvalue weighted by Gasteiger charge is -2.32. The number of aliphatic hydroxyl groups is 2. The van der Waals surface area contributed by atoms with Crippen LogP contribution in [0.2, 0.25) is 0 Å². The number of carbonyl (C=O) groups is 7. The van der Waals surface area contributed by atoms with Gasteiger partial charge in [-0.05, 0) is 48.3 Å². The van der Waals surface area contributed by atoms with Crippen LogP contribution in [-0.2, 0) is 44.7 Å². The van der Waals surface area contributed by atoms with Crippen LogP contribution in [0, 0.1) is 17.8 Å². The zero-order valence-electron chi connectivity index (χ0n) is 37.5. The van der Waals surface area contributed by atoms with Gasteiger partial charge in [0.15, 0.2) is 0 Å². The van der Waals surface area contributed by atoms with Gasteiger partial charge in [-0.15, -0.1) is 0 Å². The second-order valence-corrected chi connectivity index (χ2v) is 16.8. The number of aromatic hydroxyl groups is 1. The van der Waals surface area contributed by atoms with Crippen molar-refractivity contribution in [2.45, 2.75) is 142 Å². The molecule has 0 fully saturated rings. The molecule has 0 radical (unpaired) electrons. The number of carbonyl (C=O) groups excluding carboxylic acids is 7. The zero-order valence-corrected chi connectivity index (χ0v) is 37.5. The molecular formula is C45H70N6O11. The highest BCUT2D eigenvalue weighted by atomic mass is 16.5. The lowest BCUT2D eigenvalue weighted by molar-refractivity contribution is -0.156. The first-order valence-electron chi connectivity index (χ1n) is 21.6. The number of phenols is 1. The van der Waals surface area contributed by atoms with E-state index in [1.807, 2.05) is 6.08 Å². The standard InChI is InChI=1S/C45H70N6O11/c1-9-10-11-12-13-14-15-16-36(55)48-40(28(4)5)43(59)47-33(25-52)35(54)24-38(57)50-39(27(2)3)42(58)46-31-19-22-37(56)49-41(29(6)7)44(60)51(8)34(45(61)62-26-31)23-30-17-20-32(53)21-18-30/h14-15,17-22,27-29,31,33-35,39-41,52-54H,9-13,16,23-26H2,1-8H3,(H,46,58)(H,47,59)(H,48,55)(H,49,56)(H,50,57)/b15-14-,22-19?/t31-,33+,34+,35+,39+,40+,41+/m1/s1. The van der Waals surface area contributed by atoms with Gasteiger partial charge >= 0.3 is 5.97 Å². The summed E-state index contributed by atoms with van der Waals surface area (Å²) in [6.45, 7) is 11.2. The fourth-order valence-corrected chi connectivity index (χ4v) is 6.61. The lowest BCUT2D eigenvalue weighted by Crippen LogP contribution is -2.57. The van der Waals surface area contributed by atoms with Gasteiger partial charge in [-0.25, -0.2) is 4.79 Å². The Balaban J connectivity index is 2.15. The summed E-state index contributed by atoms with van der Waals surface area (Å²) < 4.78 is 5.64. The first-order chi connectivity index (χ1) is 29.3. The van der Waals surface area contributed by atoms with Gasteiger partial charge in [0.05, 0.1) is 31.2 Å². The Kier molecular flexibility index (Phi) is 22.9. The number of rotatable bonds is 22. The van der Waals surface area contributed by atoms with Crippen LogP contribution >= 0.6 is 0 Å². The Labute approximate surface area is 365 Å². The summed E-state index contributed by atoms with van der Waals surface area (Å²) >= 11 is 0. The quantitative estimate of drug-likeness (QED) is 0.0475. The van der Waals surface area contributed by atoms with E-state index in [-0.39, 0.29) is 36.3 Å². The van der Waals surface area contributed by atoms with E-state index >= 15 is 0 Å². The molecular weight excluding hydrogens is 801 g/mol. The maximum absolute atomic E-state index is 13.7. The maximum Gasteiger partial charge on any atom is 0.329 e. The molecule has 0 bridgehead atoms. The van der Waals surface area contributed by atoms with Crippen molar-refractivity contribution in [3.8, 4) is 5.75 Å². The average molecular weight is 871 g/mol. The Bertz CT molecular complexity index is 1700. The number of aliphatic hydroxyl groups excluding tert-OH is 2. The van der Waals surface area contributed by atoms with Gasteiger partial charge in [0.25, 0.3) is 0 Å². The highest BCUT2D eigenvalue weighted by molar-refractivity contribution is 5.95. The molecule has 17 nitrogen and oxygen atoms in total. The second kappa shape index (κ2) is 26.9. The van der Waals surface area contributed by atoms with Crippen molar-refractivity contribution in [1.29, 1.82) is 0 Å². The monoisotopic (exact) mass is 871 g/mol. The highest BCUT2D eigenvalue weighted by Gasteiger charge is 2.36. The number of nitrogens with zero attached hydrogens (tertiary/aromatic N) is 1. The van der Waals surface area contributed by atoms with Crippen LogP contribution in [0.25, 0.3) is 0 Å². The van der Waals surface area contributed by atoms with E-state index in [0.717, 1.165) is 38.2 Å². The number of likely N-dealkylation sites (N-methyl/N-ethyl adjacent to an activating group) is 1. The number of cyclic esters (lactones) is 1. The van der Waals surface area contributed by atoms with E-state index in [0.29, 0.717) is 5.56 Å². The normalized spacial score (nSPS) is 19.5. The van der Waals surface area contributed by atoms with Gasteiger partial charge in [0, 0.05) is 26.0 Å². The molecule has 346 valence electrons. The Morgan fingerprint density at radius 2 is 1.52 bits per heavy atom. The molecule has 1 aromatic carbocycles. The van der Waals surface area contributed by atoms with Crippen molar-refractivity contribution in [3.05, 3.63) is 54.1 Å². The molecule has 17 heteroatoms. The molecule has 0 saturated carbocycles. The van der Waals surface area contributed by atoms with Gasteiger partial charge < -0.3 is 51.5 Å². The summed E-state index contributed by atoms with van der Waals surface area (Å²) in [5.41, 5.74) is 0.621. The minimum absolute atomic E-state index is 0.0166. The number of benzene rings is 1. The number of hydrogen-bond acceptors (Lipinski definition) is 11. The average Bonchev–Trinajstić information content (AvgIpc) is 3.21. The summed E-state index contributed by atoms with van der Waals surface area (Å²) in [6.07, 6.45) is 9.31. The van der Waals surface area contributed by atoms with Crippen molar-refractivity contribution < 1.29 is 53.6 Å². The number of nitrogens with one attached hydrogen (secondary N) is 5. The van der Waals surface area contributed by atoms with Crippen LogP contribution in [0.1, 0.15) is 99.0 Å². The van der Waals surface area contributed by atoms with E-state index in [9.17, 15) is 48.9 Å². The summed E-state index contributed by atoms with van der Waals surface area (Å²) in [6, 6.07) is -0.567. The van der Waals surface area contributed by atoms with Gasteiger partial charge in [-0.1, -0.05) is 98.1 Å². The predicted octanol–water partition coefficient (Wildman–Crippen LogP) is 1.93. The SMILES string of the molecule is CCCCCC/C=C\CC(=O)N[C@H](C(=O)N[C@@H](CO)[C@@H](O)CC(=O)N[C@H](C(=O)N[C@@H]1C=CC(=O)N[C@@H](C(C)C)C(=O)N(C)[C@@H](Cc2ccc(O)cc2)C(=O)OC1)C(C)C)C(C)C. The topological polar surface area (TPSA) is 253 Å². The Morgan fingerprint density at radius 1 is 0.887 bits per heavy atom. The molecule has 0 aromatic heterocycles. The molecule has 1 heterocycles. The molecule has 1 aliphatic rings. The Hall–Kier alpha value is -5.29. The van der Waals surface area contributed by atoms with E-state index in [2.05, 4.69) is 33.5 Å². The first kappa shape index (κ1) is 52.8. The fraction of sp³-hybridized carbons (Fsp3) is 0.622. The van der Waals surface area contributed by atoms with Crippen molar-refractivity contribution in [3.63, 3.8) is 0 Å². The summed E-state index contributed by atoms with van der Waals surface area (Å²) in [5, 5.41) is 44.0. The molecule has 6 amide bonds. The summed E-state index contributed by atoms with van der Waals surface area (Å²) in [4.78, 5) is 94.3. The third-order valence-electron chi connectivity index (χ3n) is 10.5. The van der Waals surface area contributed by atoms with E-state index in [1.54, 1.807) is 59.8 Å². The maximum atomic E-state index is 13.7. The molecule has 0 unspecified atom stereocenters. The molecule has 1 aliphatic heterocycles. The van der Waals surface area contributed by atoms with Crippen LogP contribution in [0.5, 0.6) is 5.75 Å². The van der Waals surface area contributed by atoms with Crippen LogP contribution in [-0.4, -0.2) is 124 Å². The lowest BCUT2D eigenvalue weighted by atomic mass is 9.99. The number of amides is 6. The van der Waals surface area contributed by atoms with Crippen LogP contribution < -0.4 is 26.6 Å². The molecule has 0 spiro atoms. The van der Waals surface area contributed by atoms with Crippen molar-refractivity contribution in [2.24, 2.45) is 17.8 Å². The predicted molar refractivity (Wildman–Crippen MR) is 233 cm³/mol. The molecule has 0 saturated heterocycles. The van der Waals surface area contributed by atoms with Crippen molar-refractivity contribution in [2.75, 3.05) is 20.3 Å². The second-order valence-electron chi connectivity index (χ2n) is 16.8. The third kappa shape index (κ3) is 18.0. The highest BCUT2D eigenvalue weighted by Crippen LogP contribution is 2.18. The first-order valence-corrected chi connectivity index (χ1v) is 21.6. The largest absolute Gasteiger partial charge is 0.508 e. The smallest absolute Gasteiger partial charge is 0.329 e. The number of phenolic OH excluding ortho intramolecular Hbond substituents is 1. The van der Waals surface area contributed by atoms with Gasteiger partial charge in [0.2, 0.25) is 35.4 Å². The fourth-order valence-electron chi connectivity index (χ4n) is 6.61. The van der Waals surface area contributed by atoms with E-state index in [4.69, 9.17) is 4.74 Å². The molecule has 1 aromatic rings. The minimum atomic E-state index is -1.58. The van der Waals surface area contributed by atoms with Crippen LogP contribution in [0.3, 0.4) is 0 Å². The number of unbranched alkanes of at least 4 members (excludes halogenated alkanes) is 4. The molecule has 2 rings (SSSR count). The van der Waals surface area contributed by atoms with E-state index < -0.39 is 103 Å². The number of allylic oxidation sites excluding steroid dienone is 1. The third-order valence-corrected chi connectivity index (χ3v) is 10.5. The molecule has 0 aliphatic carbocycles. The summed E-state index contributed by atoms with van der Waals surface area (Å²) in [7, 11) is 1.43. The summed E-state index contributed by atoms with van der Waals surface area (Å²) in [5.74, 6) is -5.64. The zero-order chi connectivity index (χ0) is 46.5. The van der Waals surface area contributed by atoms with Gasteiger partial charge in [-0.2, -0.15) is 0 Å². The van der Waals surface area contributed by atoms with Crippen molar-refractivity contribution in [1.82, 2.24) is 31.5 Å². The van der Waals surface area contributed by atoms with Crippen LogP contribution in [0.4, 0.5) is 0 Å². The Morgan fingerprint density at radius 3 is 2.11 bits per heavy atom. The number of esters is 1. The number of ether oxygens (including phenoxy) is 1. The molecule has 8 N–H and O–H groups in total. The number of hydrogen-bond donors (Lipinski definition) is 8. The molecule has 62 heavy (non-hydrogen) atoms. The van der Waals surface area contributed by atoms with Gasteiger partial charge in [-0.3, -0.25) is 28.8 Å². The molecule has 7 atom stereocenters. The van der Waals surface area contributed by atoms with Crippen LogP contribution in [0.15, 0.2) is 48.6 Å². The van der Waals surface area contributed by atoms with E-state index in [1.165, 1.54) is 30.2 Å².